The smallest absolute Gasteiger partial charge is 0.179 e. The lowest BCUT2D eigenvalue weighted by Gasteiger charge is -2.42. The van der Waals surface area contributed by atoms with Crippen molar-refractivity contribution < 1.29 is 0 Å². The zero-order valence-electron chi connectivity index (χ0n) is 22.4. The molecule has 0 aliphatic carbocycles. The average molecular weight is 543 g/mol. The van der Waals surface area contributed by atoms with Crippen molar-refractivity contribution in [2.24, 2.45) is 9.98 Å². The minimum Gasteiger partial charge on any atom is -0.335 e. The Kier molecular flexibility index (Phi) is 5.79. The van der Waals surface area contributed by atoms with Gasteiger partial charge in [-0.15, -0.1) is 0 Å². The Bertz CT molecular complexity index is 1820. The SMILES string of the molecule is Cc1ccc(N=C2Nc3ccccc3N3C2=Nc2c(c(C)nn2-c2ccccc2)C3c2ccc(Cl)cc2)c(C)c1. The van der Waals surface area contributed by atoms with Crippen molar-refractivity contribution in [1.29, 1.82) is 0 Å². The molecule has 1 unspecified atom stereocenters. The van der Waals surface area contributed by atoms with Gasteiger partial charge >= 0.3 is 0 Å². The van der Waals surface area contributed by atoms with Gasteiger partial charge in [-0.3, -0.25) is 0 Å². The van der Waals surface area contributed by atoms with Gasteiger partial charge in [0.15, 0.2) is 17.5 Å². The lowest BCUT2D eigenvalue weighted by molar-refractivity contribution is 0.816. The summed E-state index contributed by atoms with van der Waals surface area (Å²) in [5, 5.41) is 9.29. The molecule has 40 heavy (non-hydrogen) atoms. The third kappa shape index (κ3) is 4.00. The lowest BCUT2D eigenvalue weighted by Crippen LogP contribution is -2.48. The largest absolute Gasteiger partial charge is 0.335 e. The maximum absolute atomic E-state index is 6.34. The van der Waals surface area contributed by atoms with Crippen molar-refractivity contribution in [2.75, 3.05) is 10.2 Å². The highest BCUT2D eigenvalue weighted by atomic mass is 35.5. The van der Waals surface area contributed by atoms with Gasteiger partial charge in [-0.05, 0) is 74.4 Å². The first-order valence-electron chi connectivity index (χ1n) is 13.3. The van der Waals surface area contributed by atoms with Crippen LogP contribution < -0.4 is 10.2 Å². The number of nitrogens with one attached hydrogen (secondary N) is 1. The molecule has 0 saturated carbocycles. The van der Waals surface area contributed by atoms with Gasteiger partial charge in [-0.1, -0.05) is 71.8 Å². The molecule has 6 nitrogen and oxygen atoms in total. The molecule has 2 aliphatic rings. The summed E-state index contributed by atoms with van der Waals surface area (Å²) < 4.78 is 1.94. The fraction of sp³-hybridized carbons (Fsp3) is 0.121. The Morgan fingerprint density at radius 2 is 1.60 bits per heavy atom. The number of para-hydroxylation sites is 3. The molecule has 196 valence electrons. The van der Waals surface area contributed by atoms with E-state index in [1.165, 1.54) is 5.56 Å². The molecule has 0 spiro atoms. The van der Waals surface area contributed by atoms with E-state index in [0.717, 1.165) is 56.8 Å². The third-order valence-electron chi connectivity index (χ3n) is 7.45. The number of hydrogen-bond acceptors (Lipinski definition) is 4. The number of amidine groups is 2. The minimum atomic E-state index is -0.190. The highest BCUT2D eigenvalue weighted by molar-refractivity contribution is 6.52. The van der Waals surface area contributed by atoms with Gasteiger partial charge < -0.3 is 10.2 Å². The van der Waals surface area contributed by atoms with E-state index in [0.29, 0.717) is 10.9 Å². The fourth-order valence-electron chi connectivity index (χ4n) is 5.59. The van der Waals surface area contributed by atoms with Gasteiger partial charge in [0, 0.05) is 10.6 Å². The van der Waals surface area contributed by atoms with E-state index in [4.69, 9.17) is 26.7 Å². The number of anilines is 2. The quantitative estimate of drug-likeness (QED) is 0.250. The van der Waals surface area contributed by atoms with Gasteiger partial charge in [0.25, 0.3) is 0 Å². The number of halogens is 1. The summed E-state index contributed by atoms with van der Waals surface area (Å²) in [6.07, 6.45) is 0. The van der Waals surface area contributed by atoms with E-state index in [9.17, 15) is 0 Å². The van der Waals surface area contributed by atoms with Crippen molar-refractivity contribution >= 4 is 46.2 Å². The molecule has 7 rings (SSSR count). The predicted molar refractivity (Wildman–Crippen MR) is 164 cm³/mol. The molecule has 1 N–H and O–H groups in total. The monoisotopic (exact) mass is 542 g/mol. The van der Waals surface area contributed by atoms with Gasteiger partial charge in [-0.2, -0.15) is 5.10 Å². The highest BCUT2D eigenvalue weighted by Crippen LogP contribution is 2.47. The van der Waals surface area contributed by atoms with E-state index >= 15 is 0 Å². The molecule has 1 aromatic heterocycles. The Labute approximate surface area is 238 Å². The van der Waals surface area contributed by atoms with Gasteiger partial charge in [0.2, 0.25) is 0 Å². The van der Waals surface area contributed by atoms with Crippen LogP contribution >= 0.6 is 11.6 Å². The first-order valence-corrected chi connectivity index (χ1v) is 13.7. The zero-order chi connectivity index (χ0) is 27.4. The number of nitrogens with zero attached hydrogens (tertiary/aromatic N) is 5. The first kappa shape index (κ1) is 24.4. The minimum absolute atomic E-state index is 0.190. The predicted octanol–water partition coefficient (Wildman–Crippen LogP) is 8.25. The van der Waals surface area contributed by atoms with Crippen LogP contribution in [0.3, 0.4) is 0 Å². The maximum Gasteiger partial charge on any atom is 0.179 e. The van der Waals surface area contributed by atoms with Gasteiger partial charge in [0.05, 0.1) is 34.5 Å². The van der Waals surface area contributed by atoms with Gasteiger partial charge in [-0.25, -0.2) is 14.7 Å². The van der Waals surface area contributed by atoms with Crippen LogP contribution in [0.1, 0.15) is 34.0 Å². The molecule has 4 aromatic carbocycles. The summed E-state index contributed by atoms with van der Waals surface area (Å²) in [6, 6.07) is 32.6. The number of aromatic nitrogens is 2. The van der Waals surface area contributed by atoms with E-state index in [1.807, 2.05) is 41.1 Å². The number of hydrogen-bond donors (Lipinski definition) is 1. The standard InChI is InChI=1S/C33H27ClN6/c1-20-13-18-26(21(2)19-20)35-31-33-37-32-29(22(3)38-40(32)25-9-5-4-6-10-25)30(23-14-16-24(34)17-15-23)39(33)28-12-8-7-11-27(28)36-31/h4-19,30H,1-3H3,(H,35,36). The molecular formula is C33H27ClN6. The van der Waals surface area contributed by atoms with Crippen LogP contribution in [0.2, 0.25) is 5.02 Å². The molecule has 0 fully saturated rings. The van der Waals surface area contributed by atoms with Crippen molar-refractivity contribution in [3.05, 3.63) is 130 Å². The first-order chi connectivity index (χ1) is 19.5. The summed E-state index contributed by atoms with van der Waals surface area (Å²) in [5.74, 6) is 2.22. The number of aryl methyl sites for hydroxylation is 3. The Hall–Kier alpha value is -4.68. The molecule has 3 heterocycles. The Morgan fingerprint density at radius 3 is 2.38 bits per heavy atom. The molecule has 1 atom stereocenters. The summed E-state index contributed by atoms with van der Waals surface area (Å²) in [4.78, 5) is 12.7. The normalized spacial score (nSPS) is 16.6. The molecule has 0 amide bonds. The van der Waals surface area contributed by atoms with Crippen LogP contribution in [0.4, 0.5) is 22.9 Å². The highest BCUT2D eigenvalue weighted by Gasteiger charge is 2.41. The van der Waals surface area contributed by atoms with E-state index in [1.54, 1.807) is 0 Å². The van der Waals surface area contributed by atoms with E-state index in [2.05, 4.69) is 91.7 Å². The second kappa shape index (κ2) is 9.50. The van der Waals surface area contributed by atoms with Crippen LogP contribution in [0, 0.1) is 20.8 Å². The molecule has 0 saturated heterocycles. The second-order valence-corrected chi connectivity index (χ2v) is 10.7. The zero-order valence-corrected chi connectivity index (χ0v) is 23.2. The van der Waals surface area contributed by atoms with Crippen molar-refractivity contribution in [3.63, 3.8) is 0 Å². The molecule has 2 aliphatic heterocycles. The van der Waals surface area contributed by atoms with Crippen LogP contribution in [-0.2, 0) is 0 Å². The van der Waals surface area contributed by atoms with Crippen molar-refractivity contribution in [3.8, 4) is 5.69 Å². The number of rotatable bonds is 3. The van der Waals surface area contributed by atoms with Crippen LogP contribution in [-0.4, -0.2) is 21.5 Å². The molecule has 5 aromatic rings. The van der Waals surface area contributed by atoms with Gasteiger partial charge in [0.1, 0.15) is 0 Å². The van der Waals surface area contributed by atoms with Crippen LogP contribution in [0.5, 0.6) is 0 Å². The third-order valence-corrected chi connectivity index (χ3v) is 7.70. The number of fused-ring (bicyclic) bond motifs is 4. The maximum atomic E-state index is 6.34. The van der Waals surface area contributed by atoms with Crippen LogP contribution in [0.25, 0.3) is 5.69 Å². The summed E-state index contributed by atoms with van der Waals surface area (Å²) in [6.45, 7) is 6.24. The molecule has 0 radical (unpaired) electrons. The summed E-state index contributed by atoms with van der Waals surface area (Å²) in [7, 11) is 0. The van der Waals surface area contributed by atoms with Crippen molar-refractivity contribution in [1.82, 2.24) is 9.78 Å². The fourth-order valence-corrected chi connectivity index (χ4v) is 5.72. The summed E-state index contributed by atoms with van der Waals surface area (Å²) in [5.41, 5.74) is 9.23. The number of aliphatic imine (C=N–C) groups is 2. The molecule has 0 bridgehead atoms. The lowest BCUT2D eigenvalue weighted by atomic mass is 9.93. The Balaban J connectivity index is 1.53. The molecular weight excluding hydrogens is 516 g/mol. The van der Waals surface area contributed by atoms with Crippen LogP contribution in [0.15, 0.2) is 107 Å². The van der Waals surface area contributed by atoms with E-state index < -0.39 is 0 Å². The summed E-state index contributed by atoms with van der Waals surface area (Å²) >= 11 is 6.34. The van der Waals surface area contributed by atoms with Crippen molar-refractivity contribution in [2.45, 2.75) is 26.8 Å². The van der Waals surface area contributed by atoms with E-state index in [-0.39, 0.29) is 6.04 Å². The Morgan fingerprint density at radius 1 is 0.850 bits per heavy atom. The molecule has 7 heteroatoms. The number of benzene rings is 4. The topological polar surface area (TPSA) is 57.8 Å². The average Bonchev–Trinajstić information content (AvgIpc) is 3.30. The second-order valence-electron chi connectivity index (χ2n) is 10.2.